The monoisotopic (exact) mass is 196 g/mol. The van der Waals surface area contributed by atoms with Gasteiger partial charge in [-0.3, -0.25) is 0 Å². The van der Waals surface area contributed by atoms with E-state index in [0.29, 0.717) is 6.04 Å². The van der Waals surface area contributed by atoms with E-state index in [1.165, 1.54) is 19.5 Å². The fourth-order valence-corrected chi connectivity index (χ4v) is 1.96. The zero-order valence-electron chi connectivity index (χ0n) is 9.79. The third kappa shape index (κ3) is 3.81. The maximum atomic E-state index is 3.16. The molecule has 1 atom stereocenters. The number of likely N-dealkylation sites (tertiary alicyclic amines) is 1. The van der Waals surface area contributed by atoms with Crippen molar-refractivity contribution in [1.29, 1.82) is 0 Å². The summed E-state index contributed by atoms with van der Waals surface area (Å²) in [6.07, 6.45) is 7.23. The zero-order valence-corrected chi connectivity index (χ0v) is 9.79. The largest absolute Gasteiger partial charge is 0.319 e. The summed E-state index contributed by atoms with van der Waals surface area (Å²) in [7, 11) is 2.00. The summed E-state index contributed by atoms with van der Waals surface area (Å²) in [5, 5.41) is 3.16. The average molecular weight is 196 g/mol. The van der Waals surface area contributed by atoms with Crippen LogP contribution in [0.4, 0.5) is 0 Å². The highest BCUT2D eigenvalue weighted by Gasteiger charge is 2.21. The van der Waals surface area contributed by atoms with Crippen LogP contribution in [-0.4, -0.2) is 37.6 Å². The van der Waals surface area contributed by atoms with Gasteiger partial charge in [-0.2, -0.15) is 0 Å². The minimum atomic E-state index is 0.714. The van der Waals surface area contributed by atoms with Gasteiger partial charge < -0.3 is 10.2 Å². The number of hydrogen-bond acceptors (Lipinski definition) is 2. The first-order valence-electron chi connectivity index (χ1n) is 5.79. The second kappa shape index (κ2) is 6.20. The normalized spacial score (nSPS) is 24.1. The van der Waals surface area contributed by atoms with E-state index in [1.807, 2.05) is 7.05 Å². The van der Waals surface area contributed by atoms with Crippen LogP contribution in [0.5, 0.6) is 0 Å². The number of hydrogen-bond donors (Lipinski definition) is 1. The van der Waals surface area contributed by atoms with Crippen molar-refractivity contribution in [3.8, 4) is 0 Å². The van der Waals surface area contributed by atoms with Gasteiger partial charge in [-0.1, -0.05) is 12.2 Å². The molecule has 1 aliphatic heterocycles. The van der Waals surface area contributed by atoms with Crippen LogP contribution in [-0.2, 0) is 0 Å². The molecule has 1 rings (SSSR count). The highest BCUT2D eigenvalue weighted by Crippen LogP contribution is 2.19. The van der Waals surface area contributed by atoms with Gasteiger partial charge in [0, 0.05) is 12.6 Å². The predicted octanol–water partition coefficient (Wildman–Crippen LogP) is 1.88. The van der Waals surface area contributed by atoms with Crippen molar-refractivity contribution in [2.24, 2.45) is 5.92 Å². The Kier molecular flexibility index (Phi) is 5.20. The van der Waals surface area contributed by atoms with Gasteiger partial charge in [0.15, 0.2) is 0 Å². The molecule has 0 aliphatic carbocycles. The van der Waals surface area contributed by atoms with E-state index in [-0.39, 0.29) is 0 Å². The van der Waals surface area contributed by atoms with Gasteiger partial charge in [0.2, 0.25) is 0 Å². The van der Waals surface area contributed by atoms with E-state index in [4.69, 9.17) is 0 Å². The lowest BCUT2D eigenvalue weighted by atomic mass is 10.1. The molecule has 0 aromatic heterocycles. The van der Waals surface area contributed by atoms with Crippen LogP contribution >= 0.6 is 0 Å². The molecule has 14 heavy (non-hydrogen) atoms. The molecular weight excluding hydrogens is 172 g/mol. The molecule has 1 aliphatic rings. The maximum absolute atomic E-state index is 3.16. The molecular formula is C12H24N2. The summed E-state index contributed by atoms with van der Waals surface area (Å²) in [5.74, 6) is 0.800. The summed E-state index contributed by atoms with van der Waals surface area (Å²) in [5.41, 5.74) is 0. The van der Waals surface area contributed by atoms with Crippen LogP contribution in [0, 0.1) is 5.92 Å². The molecule has 0 spiro atoms. The maximum Gasteiger partial charge on any atom is 0.00475 e. The van der Waals surface area contributed by atoms with Crippen molar-refractivity contribution in [2.75, 3.05) is 26.7 Å². The SMILES string of the molecule is CNCC/C=C\C1CCN(C(C)C)C1. The van der Waals surface area contributed by atoms with Crippen LogP contribution in [0.15, 0.2) is 12.2 Å². The molecule has 1 N–H and O–H groups in total. The van der Waals surface area contributed by atoms with Gasteiger partial charge in [-0.15, -0.1) is 0 Å². The van der Waals surface area contributed by atoms with Crippen molar-refractivity contribution in [1.82, 2.24) is 10.2 Å². The Morgan fingerprint density at radius 1 is 1.50 bits per heavy atom. The molecule has 0 bridgehead atoms. The van der Waals surface area contributed by atoms with E-state index in [9.17, 15) is 0 Å². The van der Waals surface area contributed by atoms with Gasteiger partial charge in [0.25, 0.3) is 0 Å². The molecule has 1 saturated heterocycles. The van der Waals surface area contributed by atoms with E-state index < -0.39 is 0 Å². The van der Waals surface area contributed by atoms with Crippen LogP contribution < -0.4 is 5.32 Å². The van der Waals surface area contributed by atoms with Gasteiger partial charge in [-0.25, -0.2) is 0 Å². The van der Waals surface area contributed by atoms with E-state index >= 15 is 0 Å². The third-order valence-electron chi connectivity index (χ3n) is 2.96. The Morgan fingerprint density at radius 3 is 2.86 bits per heavy atom. The fourth-order valence-electron chi connectivity index (χ4n) is 1.96. The van der Waals surface area contributed by atoms with Gasteiger partial charge in [0.1, 0.15) is 0 Å². The van der Waals surface area contributed by atoms with E-state index in [1.54, 1.807) is 0 Å². The molecule has 2 heteroatoms. The van der Waals surface area contributed by atoms with Crippen LogP contribution in [0.25, 0.3) is 0 Å². The molecule has 1 fully saturated rings. The molecule has 0 saturated carbocycles. The van der Waals surface area contributed by atoms with Gasteiger partial charge >= 0.3 is 0 Å². The van der Waals surface area contributed by atoms with Gasteiger partial charge in [0.05, 0.1) is 0 Å². The van der Waals surface area contributed by atoms with Crippen molar-refractivity contribution in [2.45, 2.75) is 32.7 Å². The van der Waals surface area contributed by atoms with Crippen molar-refractivity contribution < 1.29 is 0 Å². The topological polar surface area (TPSA) is 15.3 Å². The Bertz CT molecular complexity index is 175. The molecule has 1 unspecified atom stereocenters. The minimum absolute atomic E-state index is 0.714. The first-order valence-corrected chi connectivity index (χ1v) is 5.79. The lowest BCUT2D eigenvalue weighted by Crippen LogP contribution is -2.27. The van der Waals surface area contributed by atoms with E-state index in [2.05, 4.69) is 36.2 Å². The highest BCUT2D eigenvalue weighted by atomic mass is 15.2. The summed E-state index contributed by atoms with van der Waals surface area (Å²) >= 11 is 0. The summed E-state index contributed by atoms with van der Waals surface area (Å²) in [4.78, 5) is 2.56. The smallest absolute Gasteiger partial charge is 0.00475 e. The fraction of sp³-hybridized carbons (Fsp3) is 0.833. The summed E-state index contributed by atoms with van der Waals surface area (Å²) in [6.45, 7) is 8.20. The second-order valence-corrected chi connectivity index (χ2v) is 4.46. The van der Waals surface area contributed by atoms with E-state index in [0.717, 1.165) is 18.9 Å². The third-order valence-corrected chi connectivity index (χ3v) is 2.96. The lowest BCUT2D eigenvalue weighted by molar-refractivity contribution is 0.270. The first kappa shape index (κ1) is 11.7. The molecule has 82 valence electrons. The number of nitrogens with zero attached hydrogens (tertiary/aromatic N) is 1. The molecule has 0 radical (unpaired) electrons. The Hall–Kier alpha value is -0.340. The Labute approximate surface area is 88.4 Å². The Morgan fingerprint density at radius 2 is 2.29 bits per heavy atom. The van der Waals surface area contributed by atoms with Crippen molar-refractivity contribution in [3.05, 3.63) is 12.2 Å². The zero-order chi connectivity index (χ0) is 10.4. The minimum Gasteiger partial charge on any atom is -0.319 e. The van der Waals surface area contributed by atoms with Crippen LogP contribution in [0.3, 0.4) is 0 Å². The second-order valence-electron chi connectivity index (χ2n) is 4.46. The summed E-state index contributed by atoms with van der Waals surface area (Å²) in [6, 6.07) is 0.714. The van der Waals surface area contributed by atoms with Gasteiger partial charge in [-0.05, 0) is 52.7 Å². The van der Waals surface area contributed by atoms with Crippen molar-refractivity contribution >= 4 is 0 Å². The van der Waals surface area contributed by atoms with Crippen molar-refractivity contribution in [3.63, 3.8) is 0 Å². The summed E-state index contributed by atoms with van der Waals surface area (Å²) < 4.78 is 0. The molecule has 1 heterocycles. The number of nitrogens with one attached hydrogen (secondary N) is 1. The van der Waals surface area contributed by atoms with Crippen LogP contribution in [0.2, 0.25) is 0 Å². The first-order chi connectivity index (χ1) is 6.74. The Balaban J connectivity index is 2.18. The average Bonchev–Trinajstić information content (AvgIpc) is 2.61. The highest BCUT2D eigenvalue weighted by molar-refractivity contribution is 4.94. The quantitative estimate of drug-likeness (QED) is 0.533. The standard InChI is InChI=1S/C12H24N2/c1-11(2)14-9-7-12(10-14)6-4-5-8-13-3/h4,6,11-13H,5,7-10H2,1-3H3/b6-4-. The molecule has 0 amide bonds. The molecule has 0 aromatic rings. The lowest BCUT2D eigenvalue weighted by Gasteiger charge is -2.19. The predicted molar refractivity (Wildman–Crippen MR) is 62.5 cm³/mol. The van der Waals surface area contributed by atoms with Crippen LogP contribution in [0.1, 0.15) is 26.7 Å². The number of rotatable bonds is 5. The molecule has 2 nitrogen and oxygen atoms in total. The molecule has 0 aromatic carbocycles.